The zero-order valence-electron chi connectivity index (χ0n) is 13.5. The third-order valence-corrected chi connectivity index (χ3v) is 4.12. The fourth-order valence-corrected chi connectivity index (χ4v) is 2.78. The molecule has 0 saturated heterocycles. The molecule has 1 aromatic rings. The molecule has 0 saturated carbocycles. The van der Waals surface area contributed by atoms with Gasteiger partial charge < -0.3 is 0 Å². The van der Waals surface area contributed by atoms with Crippen molar-refractivity contribution in [2.24, 2.45) is 0 Å². The molecular formula is C18H27NaOSe. The molecule has 1 nitrogen and oxygen atoms in total. The first-order chi connectivity index (χ1) is 9.79. The summed E-state index contributed by atoms with van der Waals surface area (Å²) in [7, 11) is 0. The van der Waals surface area contributed by atoms with Crippen molar-refractivity contribution < 1.29 is 34.7 Å². The van der Waals surface area contributed by atoms with Crippen LogP contribution in [-0.2, 0) is 6.42 Å². The second kappa shape index (κ2) is 15.3. The van der Waals surface area contributed by atoms with Gasteiger partial charge in [-0.3, -0.25) is 0 Å². The predicted octanol–water partition coefficient (Wildman–Crippen LogP) is 0.793. The van der Waals surface area contributed by atoms with E-state index in [9.17, 15) is 5.11 Å². The molecule has 0 aliphatic rings. The summed E-state index contributed by atoms with van der Waals surface area (Å²) in [4.78, 5) is 0. The molecule has 3 heteroatoms. The Hall–Kier alpha value is 0.409. The average molecular weight is 361 g/mol. The normalized spacial score (nSPS) is 10.1. The fourth-order valence-electron chi connectivity index (χ4n) is 2.48. The molecule has 0 unspecified atom stereocenters. The van der Waals surface area contributed by atoms with Crippen LogP contribution in [0.2, 0.25) is 0 Å². The van der Waals surface area contributed by atoms with Crippen molar-refractivity contribution in [3.05, 3.63) is 35.9 Å². The summed E-state index contributed by atoms with van der Waals surface area (Å²) in [6.45, 7) is 0. The Morgan fingerprint density at radius 1 is 0.762 bits per heavy atom. The van der Waals surface area contributed by atoms with Crippen LogP contribution in [0, 0.1) is 0 Å². The summed E-state index contributed by atoms with van der Waals surface area (Å²) < 4.78 is 0.211. The van der Waals surface area contributed by atoms with Crippen LogP contribution in [0.4, 0.5) is 0 Å². The van der Waals surface area contributed by atoms with E-state index in [4.69, 9.17) is 0 Å². The van der Waals surface area contributed by atoms with Gasteiger partial charge in [0, 0.05) is 0 Å². The maximum atomic E-state index is 10.7. The van der Waals surface area contributed by atoms with E-state index < -0.39 is 0 Å². The predicted molar refractivity (Wildman–Crippen MR) is 87.1 cm³/mol. The van der Waals surface area contributed by atoms with Crippen LogP contribution in [0.5, 0.6) is 0 Å². The van der Waals surface area contributed by atoms with E-state index in [1.54, 1.807) is 0 Å². The van der Waals surface area contributed by atoms with Gasteiger partial charge in [0.05, 0.1) is 0 Å². The molecule has 0 aliphatic heterocycles. The molecule has 1 aromatic carbocycles. The summed E-state index contributed by atoms with van der Waals surface area (Å²) >= 11 is 2.54. The van der Waals surface area contributed by atoms with Crippen molar-refractivity contribution in [1.29, 1.82) is 0 Å². The molecule has 0 amide bonds. The molecule has 0 aliphatic carbocycles. The standard InChI is InChI=1S/C18H28OSe.Na/c19-18(20)16-12-7-5-3-1-2-4-6-9-13-17-14-10-8-11-15-17;/h8,10-11,14-15H,1-7,9,12-13,16H2,(H,19,20);/q;+1/p-1. The van der Waals surface area contributed by atoms with E-state index >= 15 is 0 Å². The van der Waals surface area contributed by atoms with Gasteiger partial charge in [-0.15, -0.1) is 0 Å². The Labute approximate surface area is 160 Å². The van der Waals surface area contributed by atoms with E-state index in [1.807, 2.05) is 0 Å². The molecule has 21 heavy (non-hydrogen) atoms. The van der Waals surface area contributed by atoms with Crippen LogP contribution >= 0.6 is 0 Å². The Morgan fingerprint density at radius 2 is 1.24 bits per heavy atom. The summed E-state index contributed by atoms with van der Waals surface area (Å²) in [5.74, 6) is 0. The van der Waals surface area contributed by atoms with E-state index in [0.29, 0.717) is 0 Å². The van der Waals surface area contributed by atoms with Gasteiger partial charge in [-0.2, -0.15) is 0 Å². The topological polar surface area (TPSA) is 23.1 Å². The molecule has 0 atom stereocenters. The van der Waals surface area contributed by atoms with Gasteiger partial charge in [0.1, 0.15) is 0 Å². The summed E-state index contributed by atoms with van der Waals surface area (Å²) in [6.07, 6.45) is 13.6. The van der Waals surface area contributed by atoms with Crippen LogP contribution in [0.25, 0.3) is 0 Å². The first-order valence-electron chi connectivity index (χ1n) is 8.03. The van der Waals surface area contributed by atoms with Crippen LogP contribution in [0.15, 0.2) is 30.3 Å². The Morgan fingerprint density at radius 3 is 1.76 bits per heavy atom. The third-order valence-electron chi connectivity index (χ3n) is 3.69. The van der Waals surface area contributed by atoms with E-state index in [-0.39, 0.29) is 34.2 Å². The summed E-state index contributed by atoms with van der Waals surface area (Å²) in [6, 6.07) is 10.8. The van der Waals surface area contributed by atoms with Crippen molar-refractivity contribution in [3.63, 3.8) is 0 Å². The number of hydrogen-bond donors (Lipinski definition) is 0. The molecule has 0 spiro atoms. The molecule has 0 heterocycles. The van der Waals surface area contributed by atoms with Gasteiger partial charge in [0.15, 0.2) is 0 Å². The van der Waals surface area contributed by atoms with E-state index in [0.717, 1.165) is 12.8 Å². The fraction of sp³-hybridized carbons (Fsp3) is 0.611. The zero-order valence-corrected chi connectivity index (χ0v) is 17.2. The van der Waals surface area contributed by atoms with Gasteiger partial charge in [-0.05, 0) is 5.56 Å². The Bertz CT molecular complexity index is 353. The van der Waals surface area contributed by atoms with Crippen molar-refractivity contribution in [2.75, 3.05) is 0 Å². The second-order valence-corrected chi connectivity index (χ2v) is 6.49. The molecule has 0 radical (unpaired) electrons. The monoisotopic (exact) mass is 362 g/mol. The van der Waals surface area contributed by atoms with Crippen molar-refractivity contribution in [2.45, 2.75) is 70.6 Å². The van der Waals surface area contributed by atoms with Gasteiger partial charge in [-0.25, -0.2) is 0 Å². The van der Waals surface area contributed by atoms with Crippen LogP contribution in [0.1, 0.15) is 69.8 Å². The smallest absolute Gasteiger partial charge is 0.0622 e. The SMILES string of the molecule is [Na+].[O-]C(=[Se])CCCCCCCCCCCc1ccccc1. The number of aryl methyl sites for hydroxylation is 1. The minimum atomic E-state index is 0. The average Bonchev–Trinajstić information content (AvgIpc) is 2.45. The molecule has 0 fully saturated rings. The van der Waals surface area contributed by atoms with Crippen molar-refractivity contribution in [1.82, 2.24) is 0 Å². The van der Waals surface area contributed by atoms with Crippen molar-refractivity contribution in [3.8, 4) is 0 Å². The van der Waals surface area contributed by atoms with Gasteiger partial charge in [0.25, 0.3) is 0 Å². The molecule has 0 N–H and O–H groups in total. The number of benzene rings is 1. The van der Waals surface area contributed by atoms with Gasteiger partial charge in [0.2, 0.25) is 0 Å². The molecule has 0 bridgehead atoms. The van der Waals surface area contributed by atoms with Gasteiger partial charge in [-0.1, -0.05) is 30.3 Å². The molecule has 0 aromatic heterocycles. The van der Waals surface area contributed by atoms with E-state index in [1.165, 1.54) is 63.4 Å². The minimum Gasteiger partial charge on any atom is -0.0622 e. The van der Waals surface area contributed by atoms with Gasteiger partial charge >= 0.3 is 125 Å². The Kier molecular flexibility index (Phi) is 15.6. The van der Waals surface area contributed by atoms with Crippen molar-refractivity contribution >= 4 is 20.2 Å². The minimum absolute atomic E-state index is 0. The van der Waals surface area contributed by atoms with Crippen LogP contribution in [0.3, 0.4) is 0 Å². The molecule has 1 rings (SSSR count). The number of hydrogen-bond acceptors (Lipinski definition) is 1. The maximum absolute atomic E-state index is 10.7. The quantitative estimate of drug-likeness (QED) is 0.399. The Balaban J connectivity index is 0.00000400. The first-order valence-corrected chi connectivity index (χ1v) is 8.88. The number of rotatable bonds is 12. The van der Waals surface area contributed by atoms with Crippen LogP contribution in [-0.4, -0.2) is 20.2 Å². The third kappa shape index (κ3) is 13.8. The summed E-state index contributed by atoms with van der Waals surface area (Å²) in [5.41, 5.74) is 1.47. The van der Waals surface area contributed by atoms with Crippen LogP contribution < -0.4 is 34.7 Å². The molecular weight excluding hydrogens is 334 g/mol. The molecule has 112 valence electrons. The zero-order chi connectivity index (χ0) is 14.5. The second-order valence-electron chi connectivity index (χ2n) is 5.54. The van der Waals surface area contributed by atoms with E-state index in [2.05, 4.69) is 45.9 Å². The summed E-state index contributed by atoms with van der Waals surface area (Å²) in [5, 5.41) is 10.7. The number of unbranched alkanes of at least 4 members (excludes halogenated alkanes) is 8. The first kappa shape index (κ1) is 21.4.